The van der Waals surface area contributed by atoms with Gasteiger partial charge >= 0.3 is 0 Å². The van der Waals surface area contributed by atoms with E-state index < -0.39 is 0 Å². The summed E-state index contributed by atoms with van der Waals surface area (Å²) in [7, 11) is 0. The molecule has 0 bridgehead atoms. The highest BCUT2D eigenvalue weighted by atomic mass is 16.1. The second-order valence-electron chi connectivity index (χ2n) is 5.13. The molecule has 1 rings (SSSR count). The first-order chi connectivity index (χ1) is 9.34. The first-order valence-electron chi connectivity index (χ1n) is 7.62. The molecule has 1 aromatic rings. The van der Waals surface area contributed by atoms with E-state index in [4.69, 9.17) is 0 Å². The lowest BCUT2D eigenvalue weighted by atomic mass is 10.0. The van der Waals surface area contributed by atoms with Crippen LogP contribution in [-0.4, -0.2) is 15.8 Å². The molecule has 0 aliphatic heterocycles. The van der Waals surface area contributed by atoms with Crippen LogP contribution in [0.4, 0.5) is 0 Å². The van der Waals surface area contributed by atoms with Crippen molar-refractivity contribution >= 4 is 5.78 Å². The summed E-state index contributed by atoms with van der Waals surface area (Å²) in [6, 6.07) is 0. The van der Waals surface area contributed by atoms with Gasteiger partial charge in [-0.2, -0.15) is 0 Å². The van der Waals surface area contributed by atoms with E-state index in [1.807, 2.05) is 0 Å². The van der Waals surface area contributed by atoms with Crippen molar-refractivity contribution < 1.29 is 4.79 Å². The molecule has 0 saturated carbocycles. The second kappa shape index (κ2) is 10.7. The second-order valence-corrected chi connectivity index (χ2v) is 5.13. The van der Waals surface area contributed by atoms with Crippen LogP contribution in [0.5, 0.6) is 0 Å². The van der Waals surface area contributed by atoms with E-state index in [0.717, 1.165) is 12.8 Å². The normalized spacial score (nSPS) is 10.6. The Morgan fingerprint density at radius 2 is 1.42 bits per heavy atom. The van der Waals surface area contributed by atoms with E-state index in [-0.39, 0.29) is 5.78 Å². The Labute approximate surface area is 116 Å². The van der Waals surface area contributed by atoms with Crippen LogP contribution in [0.15, 0.2) is 18.7 Å². The summed E-state index contributed by atoms with van der Waals surface area (Å²) in [6.45, 7) is 2.24. The largest absolute Gasteiger partial charge is 0.294 e. The van der Waals surface area contributed by atoms with Crippen LogP contribution < -0.4 is 0 Å². The molecule has 0 aliphatic carbocycles. The first-order valence-corrected chi connectivity index (χ1v) is 7.62. The molecule has 0 N–H and O–H groups in total. The number of rotatable bonds is 11. The molecule has 106 valence electrons. The van der Waals surface area contributed by atoms with E-state index in [9.17, 15) is 4.79 Å². The lowest BCUT2D eigenvalue weighted by Gasteiger charge is -2.02. The molecule has 1 heterocycles. The van der Waals surface area contributed by atoms with Crippen LogP contribution in [-0.2, 0) is 0 Å². The van der Waals surface area contributed by atoms with Crippen LogP contribution in [0, 0.1) is 0 Å². The number of Topliss-reactive ketones (excluding diaryl/α,β-unsaturated/α-hetero) is 1. The van der Waals surface area contributed by atoms with Gasteiger partial charge in [-0.1, -0.05) is 58.3 Å². The van der Waals surface area contributed by atoms with Gasteiger partial charge in [-0.25, -0.2) is 9.97 Å². The van der Waals surface area contributed by atoms with Crippen LogP contribution in [0.3, 0.4) is 0 Å². The summed E-state index contributed by atoms with van der Waals surface area (Å²) in [5.41, 5.74) is 0.641. The van der Waals surface area contributed by atoms with Crippen LogP contribution in [0.2, 0.25) is 0 Å². The fourth-order valence-corrected chi connectivity index (χ4v) is 2.18. The zero-order valence-corrected chi connectivity index (χ0v) is 12.1. The Kier molecular flexibility index (Phi) is 8.86. The Morgan fingerprint density at radius 3 is 2.00 bits per heavy atom. The van der Waals surface area contributed by atoms with Crippen molar-refractivity contribution in [3.05, 3.63) is 24.3 Å². The van der Waals surface area contributed by atoms with Gasteiger partial charge in [0, 0.05) is 18.8 Å². The van der Waals surface area contributed by atoms with Crippen LogP contribution in [0.25, 0.3) is 0 Å². The third kappa shape index (κ3) is 7.70. The highest BCUT2D eigenvalue weighted by Crippen LogP contribution is 2.11. The molecule has 0 saturated heterocycles. The molecule has 3 nitrogen and oxygen atoms in total. The topological polar surface area (TPSA) is 42.9 Å². The third-order valence-corrected chi connectivity index (χ3v) is 3.39. The average Bonchev–Trinajstić information content (AvgIpc) is 2.46. The predicted octanol–water partition coefficient (Wildman–Crippen LogP) is 4.58. The maximum atomic E-state index is 11.8. The molecule has 3 heteroatoms. The van der Waals surface area contributed by atoms with Gasteiger partial charge in [0.1, 0.15) is 6.33 Å². The number of carbonyl (C=O) groups is 1. The molecule has 0 fully saturated rings. The number of aromatic nitrogens is 2. The summed E-state index contributed by atoms with van der Waals surface area (Å²) in [5.74, 6) is 0.170. The molecule has 0 atom stereocenters. The number of ketones is 1. The van der Waals surface area contributed by atoms with E-state index in [1.165, 1.54) is 51.3 Å². The van der Waals surface area contributed by atoms with E-state index >= 15 is 0 Å². The van der Waals surface area contributed by atoms with Crippen molar-refractivity contribution in [2.75, 3.05) is 0 Å². The SMILES string of the molecule is CCCCCCCCCCCC(=O)c1cncnc1. The summed E-state index contributed by atoms with van der Waals surface area (Å²) in [4.78, 5) is 19.5. The van der Waals surface area contributed by atoms with Crippen molar-refractivity contribution in [1.82, 2.24) is 9.97 Å². The van der Waals surface area contributed by atoms with Crippen molar-refractivity contribution in [3.63, 3.8) is 0 Å². The number of hydrogen-bond acceptors (Lipinski definition) is 3. The molecule has 0 unspecified atom stereocenters. The number of unbranched alkanes of at least 4 members (excludes halogenated alkanes) is 8. The molecule has 0 radical (unpaired) electrons. The van der Waals surface area contributed by atoms with Gasteiger partial charge in [-0.3, -0.25) is 4.79 Å². The molecule has 0 amide bonds. The molecule has 19 heavy (non-hydrogen) atoms. The van der Waals surface area contributed by atoms with Crippen molar-refractivity contribution in [1.29, 1.82) is 0 Å². The van der Waals surface area contributed by atoms with Gasteiger partial charge < -0.3 is 0 Å². The van der Waals surface area contributed by atoms with Crippen molar-refractivity contribution in [2.45, 2.75) is 71.1 Å². The van der Waals surface area contributed by atoms with E-state index in [2.05, 4.69) is 16.9 Å². The zero-order valence-electron chi connectivity index (χ0n) is 12.1. The Morgan fingerprint density at radius 1 is 0.895 bits per heavy atom. The van der Waals surface area contributed by atoms with Gasteiger partial charge in [0.2, 0.25) is 0 Å². The van der Waals surface area contributed by atoms with Gasteiger partial charge in [0.25, 0.3) is 0 Å². The van der Waals surface area contributed by atoms with Gasteiger partial charge in [0.05, 0.1) is 5.56 Å². The minimum atomic E-state index is 0.170. The quantitative estimate of drug-likeness (QED) is 0.433. The summed E-state index contributed by atoms with van der Waals surface area (Å²) in [5, 5.41) is 0. The van der Waals surface area contributed by atoms with Crippen molar-refractivity contribution in [3.8, 4) is 0 Å². The fraction of sp³-hybridized carbons (Fsp3) is 0.688. The van der Waals surface area contributed by atoms with E-state index in [1.54, 1.807) is 12.4 Å². The maximum absolute atomic E-state index is 11.8. The molecular weight excluding hydrogens is 236 g/mol. The predicted molar refractivity (Wildman–Crippen MR) is 78.2 cm³/mol. The number of carbonyl (C=O) groups excluding carboxylic acids is 1. The highest BCUT2D eigenvalue weighted by molar-refractivity contribution is 5.95. The average molecular weight is 262 g/mol. The Balaban J connectivity index is 1.95. The first kappa shape index (κ1) is 15.8. The van der Waals surface area contributed by atoms with Gasteiger partial charge in [-0.05, 0) is 6.42 Å². The third-order valence-electron chi connectivity index (χ3n) is 3.39. The Hall–Kier alpha value is -1.25. The summed E-state index contributed by atoms with van der Waals surface area (Å²) in [6.07, 6.45) is 16.8. The number of hydrogen-bond donors (Lipinski definition) is 0. The zero-order chi connectivity index (χ0) is 13.8. The lowest BCUT2D eigenvalue weighted by Crippen LogP contribution is -2.00. The van der Waals surface area contributed by atoms with Gasteiger partial charge in [0.15, 0.2) is 5.78 Å². The molecular formula is C16H26N2O. The minimum Gasteiger partial charge on any atom is -0.294 e. The fourth-order valence-electron chi connectivity index (χ4n) is 2.18. The van der Waals surface area contributed by atoms with Crippen LogP contribution in [0.1, 0.15) is 81.5 Å². The smallest absolute Gasteiger partial charge is 0.165 e. The molecule has 1 aromatic heterocycles. The summed E-state index contributed by atoms with van der Waals surface area (Å²) >= 11 is 0. The Bertz CT molecular complexity index is 338. The lowest BCUT2D eigenvalue weighted by molar-refractivity contribution is 0.0978. The molecule has 0 spiro atoms. The molecule has 0 aromatic carbocycles. The number of nitrogens with zero attached hydrogens (tertiary/aromatic N) is 2. The van der Waals surface area contributed by atoms with Gasteiger partial charge in [-0.15, -0.1) is 0 Å². The monoisotopic (exact) mass is 262 g/mol. The van der Waals surface area contributed by atoms with Crippen LogP contribution >= 0.6 is 0 Å². The standard InChI is InChI=1S/C16H26N2O/c1-2-3-4-5-6-7-8-9-10-11-16(19)15-12-17-14-18-13-15/h12-14H,2-11H2,1H3. The van der Waals surface area contributed by atoms with E-state index in [0.29, 0.717) is 12.0 Å². The minimum absolute atomic E-state index is 0.170. The van der Waals surface area contributed by atoms with Crippen molar-refractivity contribution in [2.24, 2.45) is 0 Å². The summed E-state index contributed by atoms with van der Waals surface area (Å²) < 4.78 is 0. The molecule has 0 aliphatic rings. The maximum Gasteiger partial charge on any atom is 0.165 e. The highest BCUT2D eigenvalue weighted by Gasteiger charge is 2.05.